The lowest BCUT2D eigenvalue weighted by atomic mass is 10.1. The smallest absolute Gasteiger partial charge is 0.335 e. The Bertz CT molecular complexity index is 922. The molecule has 7 heteroatoms. The molecule has 126 valence electrons. The van der Waals surface area contributed by atoms with E-state index >= 15 is 0 Å². The maximum atomic E-state index is 13.0. The van der Waals surface area contributed by atoms with Gasteiger partial charge in [-0.1, -0.05) is 42.2 Å². The summed E-state index contributed by atoms with van der Waals surface area (Å²) in [6.07, 6.45) is 1.63. The molecule has 0 bridgehead atoms. The second-order valence-electron chi connectivity index (χ2n) is 5.38. The molecule has 0 aromatic heterocycles. The highest BCUT2D eigenvalue weighted by molar-refractivity contribution is 8.27. The number of hydrogen-bond donors (Lipinski definition) is 1. The molecule has 1 aliphatic heterocycles. The fraction of sp³-hybridized carbons (Fsp3) is 0.0556. The zero-order valence-electron chi connectivity index (χ0n) is 13.0. The summed E-state index contributed by atoms with van der Waals surface area (Å²) < 4.78 is 13.3. The minimum Gasteiger partial charge on any atom is -0.478 e. The van der Waals surface area contributed by atoms with Crippen molar-refractivity contribution < 1.29 is 19.1 Å². The normalized spacial score (nSPS) is 15.9. The summed E-state index contributed by atoms with van der Waals surface area (Å²) in [6.45, 7) is 1.78. The molecule has 3 rings (SSSR count). The Kier molecular flexibility index (Phi) is 4.69. The molecule has 4 nitrogen and oxygen atoms in total. The van der Waals surface area contributed by atoms with Crippen LogP contribution >= 0.6 is 24.0 Å². The first kappa shape index (κ1) is 17.3. The molecule has 1 amide bonds. The lowest BCUT2D eigenvalue weighted by Gasteiger charge is -2.17. The highest BCUT2D eigenvalue weighted by Gasteiger charge is 2.34. The van der Waals surface area contributed by atoms with Crippen LogP contribution in [0.5, 0.6) is 0 Å². The van der Waals surface area contributed by atoms with Crippen molar-refractivity contribution in [2.45, 2.75) is 6.92 Å². The van der Waals surface area contributed by atoms with Gasteiger partial charge in [0.15, 0.2) is 4.32 Å². The number of thiocarbonyl (C=S) groups is 1. The number of thioether (sulfide) groups is 1. The summed E-state index contributed by atoms with van der Waals surface area (Å²) in [6, 6.07) is 10.3. The SMILES string of the molecule is Cc1ccc(C(=O)O)cc1N1C(=O)/C(=C/c2ccc(F)cc2)SC1=S. The number of amides is 1. The number of aryl methyl sites for hydroxylation is 1. The molecule has 0 atom stereocenters. The van der Waals surface area contributed by atoms with Crippen LogP contribution in [0.25, 0.3) is 6.08 Å². The maximum Gasteiger partial charge on any atom is 0.335 e. The molecule has 2 aromatic carbocycles. The van der Waals surface area contributed by atoms with Crippen LogP contribution < -0.4 is 4.90 Å². The van der Waals surface area contributed by atoms with E-state index in [2.05, 4.69) is 0 Å². The predicted molar refractivity (Wildman–Crippen MR) is 100 cm³/mol. The van der Waals surface area contributed by atoms with E-state index in [1.165, 1.54) is 29.2 Å². The molecule has 0 unspecified atom stereocenters. The van der Waals surface area contributed by atoms with Crippen molar-refractivity contribution in [2.24, 2.45) is 0 Å². The van der Waals surface area contributed by atoms with Crippen LogP contribution in [0.1, 0.15) is 21.5 Å². The molecule has 1 saturated heterocycles. The summed E-state index contributed by atoms with van der Waals surface area (Å²) >= 11 is 6.43. The summed E-state index contributed by atoms with van der Waals surface area (Å²) in [5.74, 6) is -1.76. The molecule has 25 heavy (non-hydrogen) atoms. The van der Waals surface area contributed by atoms with Crippen molar-refractivity contribution in [3.05, 3.63) is 69.9 Å². The van der Waals surface area contributed by atoms with Crippen LogP contribution in [-0.4, -0.2) is 21.3 Å². The first-order chi connectivity index (χ1) is 11.9. The number of aromatic carboxylic acids is 1. The van der Waals surface area contributed by atoms with Gasteiger partial charge in [0.05, 0.1) is 16.2 Å². The van der Waals surface area contributed by atoms with E-state index in [-0.39, 0.29) is 17.3 Å². The van der Waals surface area contributed by atoms with E-state index in [1.807, 2.05) is 0 Å². The third-order valence-electron chi connectivity index (χ3n) is 3.66. The monoisotopic (exact) mass is 373 g/mol. The van der Waals surface area contributed by atoms with Crippen molar-refractivity contribution in [1.29, 1.82) is 0 Å². The van der Waals surface area contributed by atoms with Gasteiger partial charge >= 0.3 is 5.97 Å². The van der Waals surface area contributed by atoms with E-state index in [0.29, 0.717) is 20.5 Å². The first-order valence-electron chi connectivity index (χ1n) is 7.24. The average molecular weight is 373 g/mol. The lowest BCUT2D eigenvalue weighted by molar-refractivity contribution is -0.113. The number of nitrogens with zero attached hydrogens (tertiary/aromatic N) is 1. The molecule has 1 aliphatic rings. The fourth-order valence-electron chi connectivity index (χ4n) is 2.37. The Morgan fingerprint density at radius 1 is 1.24 bits per heavy atom. The number of halogens is 1. The summed E-state index contributed by atoms with van der Waals surface area (Å²) in [4.78, 5) is 25.7. The molecule has 0 saturated carbocycles. The van der Waals surface area contributed by atoms with Gasteiger partial charge in [-0.3, -0.25) is 9.69 Å². The van der Waals surface area contributed by atoms with Gasteiger partial charge < -0.3 is 5.11 Å². The Balaban J connectivity index is 1.98. The van der Waals surface area contributed by atoms with Crippen LogP contribution in [0.4, 0.5) is 10.1 Å². The number of carboxylic acids is 1. The highest BCUT2D eigenvalue weighted by Crippen LogP contribution is 2.37. The number of carbonyl (C=O) groups is 2. The molecular formula is C18H12FNO3S2. The number of hydrogen-bond acceptors (Lipinski definition) is 4. The quantitative estimate of drug-likeness (QED) is 0.644. The van der Waals surface area contributed by atoms with Crippen LogP contribution in [0, 0.1) is 12.7 Å². The number of rotatable bonds is 3. The summed E-state index contributed by atoms with van der Waals surface area (Å²) in [5.41, 5.74) is 1.95. The molecule has 2 aromatic rings. The average Bonchev–Trinajstić information content (AvgIpc) is 2.84. The fourth-order valence-corrected chi connectivity index (χ4v) is 3.65. The molecule has 1 heterocycles. The van der Waals surface area contributed by atoms with Crippen molar-refractivity contribution in [2.75, 3.05) is 4.90 Å². The Morgan fingerprint density at radius 3 is 2.56 bits per heavy atom. The van der Waals surface area contributed by atoms with Gasteiger partial charge in [-0.15, -0.1) is 0 Å². The molecule has 1 fully saturated rings. The minimum absolute atomic E-state index is 0.0807. The predicted octanol–water partition coefficient (Wildman–Crippen LogP) is 4.24. The molecule has 0 radical (unpaired) electrons. The van der Waals surface area contributed by atoms with Gasteiger partial charge in [0.1, 0.15) is 5.82 Å². The Labute approximate surface area is 153 Å². The number of carbonyl (C=O) groups excluding carboxylic acids is 1. The number of anilines is 1. The van der Waals surface area contributed by atoms with Gasteiger partial charge in [-0.2, -0.15) is 0 Å². The third-order valence-corrected chi connectivity index (χ3v) is 4.96. The zero-order valence-corrected chi connectivity index (χ0v) is 14.7. The van der Waals surface area contributed by atoms with Crippen LogP contribution in [0.15, 0.2) is 47.4 Å². The molecule has 0 spiro atoms. The second kappa shape index (κ2) is 6.78. The van der Waals surface area contributed by atoms with Gasteiger partial charge in [0.25, 0.3) is 5.91 Å². The van der Waals surface area contributed by atoms with Gasteiger partial charge in [0, 0.05) is 0 Å². The number of carboxylic acid groups (broad SMARTS) is 1. The van der Waals surface area contributed by atoms with E-state index in [1.54, 1.807) is 31.2 Å². The lowest BCUT2D eigenvalue weighted by Crippen LogP contribution is -2.28. The van der Waals surface area contributed by atoms with Crippen molar-refractivity contribution in [3.63, 3.8) is 0 Å². The topological polar surface area (TPSA) is 57.6 Å². The van der Waals surface area contributed by atoms with Crippen LogP contribution in [-0.2, 0) is 4.79 Å². The first-order valence-corrected chi connectivity index (χ1v) is 8.47. The second-order valence-corrected chi connectivity index (χ2v) is 7.05. The zero-order chi connectivity index (χ0) is 18.1. The Morgan fingerprint density at radius 2 is 1.92 bits per heavy atom. The largest absolute Gasteiger partial charge is 0.478 e. The van der Waals surface area contributed by atoms with E-state index in [4.69, 9.17) is 17.3 Å². The van der Waals surface area contributed by atoms with E-state index < -0.39 is 5.97 Å². The molecular weight excluding hydrogens is 361 g/mol. The van der Waals surface area contributed by atoms with E-state index in [0.717, 1.165) is 17.3 Å². The molecule has 1 N–H and O–H groups in total. The third kappa shape index (κ3) is 3.47. The standard InChI is InChI=1S/C18H12FNO3S2/c1-10-2-5-12(17(22)23)9-14(10)20-16(21)15(25-18(20)24)8-11-3-6-13(19)7-4-11/h2-9H,1H3,(H,22,23)/b15-8-. The summed E-state index contributed by atoms with van der Waals surface area (Å²) in [5, 5.41) is 9.16. The van der Waals surface area contributed by atoms with Gasteiger partial charge in [-0.05, 0) is 48.4 Å². The van der Waals surface area contributed by atoms with E-state index in [9.17, 15) is 14.0 Å². The van der Waals surface area contributed by atoms with Crippen LogP contribution in [0.3, 0.4) is 0 Å². The van der Waals surface area contributed by atoms with Crippen molar-refractivity contribution in [1.82, 2.24) is 0 Å². The van der Waals surface area contributed by atoms with Gasteiger partial charge in [0.2, 0.25) is 0 Å². The Hall–Kier alpha value is -2.51. The minimum atomic E-state index is -1.08. The van der Waals surface area contributed by atoms with Gasteiger partial charge in [-0.25, -0.2) is 9.18 Å². The summed E-state index contributed by atoms with van der Waals surface area (Å²) in [7, 11) is 0. The van der Waals surface area contributed by atoms with Crippen LogP contribution in [0.2, 0.25) is 0 Å². The highest BCUT2D eigenvalue weighted by atomic mass is 32.2. The van der Waals surface area contributed by atoms with Crippen molar-refractivity contribution in [3.8, 4) is 0 Å². The molecule has 0 aliphatic carbocycles. The number of benzene rings is 2. The van der Waals surface area contributed by atoms with Crippen molar-refractivity contribution >= 4 is 51.9 Å². The maximum absolute atomic E-state index is 13.0.